The van der Waals surface area contributed by atoms with E-state index in [1.54, 1.807) is 21.6 Å². The first-order chi connectivity index (χ1) is 38.0. The molecule has 0 unspecified atom stereocenters. The highest BCUT2D eigenvalue weighted by Crippen LogP contribution is 2.20. The van der Waals surface area contributed by atoms with Crippen LogP contribution in [0.5, 0.6) is 0 Å². The van der Waals surface area contributed by atoms with Crippen LogP contribution in [0.25, 0.3) is 0 Å². The van der Waals surface area contributed by atoms with Gasteiger partial charge in [0.05, 0.1) is 210 Å². The topological polar surface area (TPSA) is 343 Å². The van der Waals surface area contributed by atoms with Gasteiger partial charge in [-0.1, -0.05) is 21.6 Å². The fourth-order valence-corrected chi connectivity index (χ4v) is 6.74. The van der Waals surface area contributed by atoms with E-state index in [4.69, 9.17) is 95.5 Å². The number of carbonyl (C=O) groups is 8. The minimum atomic E-state index is -1.07. The number of ether oxygens (including phenoxy) is 18. The maximum atomic E-state index is 11.9. The molecule has 78 heavy (non-hydrogen) atoms. The highest BCUT2D eigenvalue weighted by Gasteiger charge is 2.12. The van der Waals surface area contributed by atoms with E-state index in [-0.39, 0.29) is 157 Å². The summed E-state index contributed by atoms with van der Waals surface area (Å²) >= 11 is 0. The molecule has 0 rings (SSSR count). The van der Waals surface area contributed by atoms with E-state index in [1.165, 1.54) is 0 Å². The van der Waals surface area contributed by atoms with Crippen LogP contribution >= 0.6 is 21.6 Å². The number of aliphatic carboxylic acids is 2. The Morgan fingerprint density at radius 2 is 0.346 bits per heavy atom. The van der Waals surface area contributed by atoms with E-state index in [1.807, 2.05) is 0 Å². The molecular formula is C48H82O28S2. The zero-order valence-corrected chi connectivity index (χ0v) is 46.2. The average molecular weight is 1170 g/mol. The molecule has 0 saturated carbocycles. The zero-order valence-electron chi connectivity index (χ0n) is 44.6. The predicted octanol–water partition coefficient (Wildman–Crippen LogP) is 1.12. The molecule has 0 bridgehead atoms. The maximum absolute atomic E-state index is 11.9. The van der Waals surface area contributed by atoms with Gasteiger partial charge in [0.15, 0.2) is 0 Å². The summed E-state index contributed by atoms with van der Waals surface area (Å²) in [5.74, 6) is -3.88. The predicted molar refractivity (Wildman–Crippen MR) is 273 cm³/mol. The van der Waals surface area contributed by atoms with E-state index in [0.29, 0.717) is 92.5 Å². The third-order valence-electron chi connectivity index (χ3n) is 8.78. The van der Waals surface area contributed by atoms with Crippen molar-refractivity contribution < 1.29 is 134 Å². The van der Waals surface area contributed by atoms with Crippen molar-refractivity contribution in [2.24, 2.45) is 0 Å². The lowest BCUT2D eigenvalue weighted by Gasteiger charge is -2.09. The van der Waals surface area contributed by atoms with Gasteiger partial charge in [0.2, 0.25) is 0 Å². The van der Waals surface area contributed by atoms with E-state index in [9.17, 15) is 38.4 Å². The number of carbonyl (C=O) groups excluding carboxylic acids is 6. The summed E-state index contributed by atoms with van der Waals surface area (Å²) in [7, 11) is 3.37. The van der Waals surface area contributed by atoms with Crippen molar-refractivity contribution in [1.82, 2.24) is 0 Å². The van der Waals surface area contributed by atoms with Gasteiger partial charge in [0, 0.05) is 11.5 Å². The summed E-state index contributed by atoms with van der Waals surface area (Å²) < 4.78 is 94.4. The molecule has 0 amide bonds. The molecule has 0 heterocycles. The Morgan fingerprint density at radius 1 is 0.205 bits per heavy atom. The molecule has 0 aromatic rings. The van der Waals surface area contributed by atoms with Crippen LogP contribution in [0.1, 0.15) is 51.4 Å². The Hall–Kier alpha value is -4.02. The van der Waals surface area contributed by atoms with Gasteiger partial charge in [-0.25, -0.2) is 0 Å². The van der Waals surface area contributed by atoms with Crippen molar-refractivity contribution in [3.63, 3.8) is 0 Å². The molecular weight excluding hydrogens is 1090 g/mol. The van der Waals surface area contributed by atoms with Crippen molar-refractivity contribution in [2.45, 2.75) is 51.4 Å². The number of carboxylic acid groups (broad SMARTS) is 2. The molecule has 0 aliphatic rings. The van der Waals surface area contributed by atoms with Crippen LogP contribution in [0.4, 0.5) is 0 Å². The molecule has 0 atom stereocenters. The maximum Gasteiger partial charge on any atom is 0.306 e. The summed E-state index contributed by atoms with van der Waals surface area (Å²) in [5, 5.41) is 17.0. The second-order valence-corrected chi connectivity index (χ2v) is 17.8. The van der Waals surface area contributed by atoms with E-state index in [0.717, 1.165) is 11.5 Å². The number of hydrogen-bond donors (Lipinski definition) is 2. The van der Waals surface area contributed by atoms with Gasteiger partial charge in [-0.2, -0.15) is 0 Å². The normalized spacial score (nSPS) is 11.0. The largest absolute Gasteiger partial charge is 0.481 e. The quantitative estimate of drug-likeness (QED) is 0.0373. The van der Waals surface area contributed by atoms with Gasteiger partial charge in [-0.15, -0.1) is 0 Å². The molecule has 0 aliphatic carbocycles. The first kappa shape index (κ1) is 74.0. The summed E-state index contributed by atoms with van der Waals surface area (Å²) in [6.45, 7) is 7.75. The molecule has 0 spiro atoms. The van der Waals surface area contributed by atoms with Crippen LogP contribution in [0, 0.1) is 0 Å². The minimum Gasteiger partial charge on any atom is -0.481 e. The lowest BCUT2D eigenvalue weighted by molar-refractivity contribution is -0.152. The van der Waals surface area contributed by atoms with E-state index in [2.05, 4.69) is 0 Å². The van der Waals surface area contributed by atoms with Crippen molar-refractivity contribution in [3.8, 4) is 0 Å². The Bertz CT molecular complexity index is 1400. The van der Waals surface area contributed by atoms with Crippen LogP contribution in [0.2, 0.25) is 0 Å². The first-order valence-corrected chi connectivity index (χ1v) is 28.0. The van der Waals surface area contributed by atoms with Crippen LogP contribution in [-0.4, -0.2) is 268 Å². The average Bonchev–Trinajstić information content (AvgIpc) is 3.41. The molecule has 0 radical (unpaired) electrons. The second kappa shape index (κ2) is 59.1. The Balaban J connectivity index is 3.32. The molecule has 454 valence electrons. The Labute approximate surface area is 462 Å². The third kappa shape index (κ3) is 61.2. The second-order valence-electron chi connectivity index (χ2n) is 15.1. The van der Waals surface area contributed by atoms with Gasteiger partial charge < -0.3 is 95.5 Å². The smallest absolute Gasteiger partial charge is 0.306 e. The zero-order chi connectivity index (χ0) is 57.0. The minimum absolute atomic E-state index is 0.0255. The molecule has 30 heteroatoms. The van der Waals surface area contributed by atoms with Crippen molar-refractivity contribution >= 4 is 69.3 Å². The summed E-state index contributed by atoms with van der Waals surface area (Å²) in [5.41, 5.74) is 0. The highest BCUT2D eigenvalue weighted by atomic mass is 33.1. The highest BCUT2D eigenvalue weighted by molar-refractivity contribution is 8.76. The van der Waals surface area contributed by atoms with Crippen LogP contribution < -0.4 is 0 Å². The molecule has 0 saturated heterocycles. The molecule has 28 nitrogen and oxygen atoms in total. The lowest BCUT2D eigenvalue weighted by atomic mass is 10.3. The number of rotatable bonds is 61. The van der Waals surface area contributed by atoms with Crippen LogP contribution in [-0.2, 0) is 124 Å². The van der Waals surface area contributed by atoms with E-state index < -0.39 is 47.8 Å². The first-order valence-electron chi connectivity index (χ1n) is 25.5. The van der Waals surface area contributed by atoms with E-state index >= 15 is 0 Å². The standard InChI is InChI=1S/C48H82O28S2/c49-41(50)1-3-43(53)71-31-25-63-15-9-59-11-17-65-27-33-73-45(55)5-7-47(57)75-35-29-67-19-13-61-21-23-69-37-39-77-78-40-38-70-24-22-62-14-20-68-30-36-76-48(58)8-6-46(56)74-34-28-66-18-12-60-10-16-64-26-32-72-44(54)4-2-42(51)52/h1-40H2,(H,49,50)(H,51,52). The van der Waals surface area contributed by atoms with Gasteiger partial charge >= 0.3 is 47.8 Å². The molecule has 0 aliphatic heterocycles. The molecule has 2 N–H and O–H groups in total. The van der Waals surface area contributed by atoms with Crippen LogP contribution in [0.15, 0.2) is 0 Å². The van der Waals surface area contributed by atoms with Gasteiger partial charge in [-0.05, 0) is 0 Å². The van der Waals surface area contributed by atoms with Gasteiger partial charge in [0.1, 0.15) is 39.6 Å². The van der Waals surface area contributed by atoms with Gasteiger partial charge in [0.25, 0.3) is 0 Å². The summed E-state index contributed by atoms with van der Waals surface area (Å²) in [4.78, 5) is 90.7. The molecule has 0 aromatic carbocycles. The number of esters is 6. The monoisotopic (exact) mass is 1170 g/mol. The fraction of sp³-hybridized carbons (Fsp3) is 0.833. The molecule has 0 fully saturated rings. The summed E-state index contributed by atoms with van der Waals surface area (Å²) in [6.07, 6.45) is -1.42. The number of hydrogen-bond acceptors (Lipinski definition) is 28. The lowest BCUT2D eigenvalue weighted by Crippen LogP contribution is -2.16. The van der Waals surface area contributed by atoms with Gasteiger partial charge in [-0.3, -0.25) is 38.4 Å². The van der Waals surface area contributed by atoms with Crippen LogP contribution in [0.3, 0.4) is 0 Å². The number of carboxylic acids is 2. The SMILES string of the molecule is O=C(O)CCC(=O)OCCOCCOCCOCCOC(=O)CCC(=O)OCCOCCOCCOCCSSCCOCCOCCOCCOC(=O)CCC(=O)OCCOCCOCCOCCOC(=O)CCC(=O)O. The van der Waals surface area contributed by atoms with Crippen molar-refractivity contribution in [1.29, 1.82) is 0 Å². The fourth-order valence-electron chi connectivity index (χ4n) is 5.02. The van der Waals surface area contributed by atoms with Crippen molar-refractivity contribution in [2.75, 3.05) is 210 Å². The third-order valence-corrected chi connectivity index (χ3v) is 11.1. The Morgan fingerprint density at radius 3 is 0.513 bits per heavy atom. The molecule has 0 aromatic heterocycles. The Kier molecular flexibility index (Phi) is 56.1. The van der Waals surface area contributed by atoms with Crippen molar-refractivity contribution in [3.05, 3.63) is 0 Å². The summed E-state index contributed by atoms with van der Waals surface area (Å²) in [6, 6.07) is 0.